The highest BCUT2D eigenvalue weighted by atomic mass is 15.2. The van der Waals surface area contributed by atoms with Crippen LogP contribution in [0.15, 0.2) is 0 Å². The minimum atomic E-state index is 0.854. The number of rotatable bonds is 5. The molecule has 0 aromatic carbocycles. The highest BCUT2D eigenvalue weighted by Gasteiger charge is 2.34. The van der Waals surface area contributed by atoms with Crippen molar-refractivity contribution in [2.75, 3.05) is 13.1 Å². The molecule has 0 heterocycles. The number of nitrogens with two attached hydrogens (primary N) is 1. The monoisotopic (exact) mass is 210 g/mol. The van der Waals surface area contributed by atoms with Crippen LogP contribution in [0.1, 0.15) is 51.9 Å². The average molecular weight is 210 g/mol. The second-order valence-electron chi connectivity index (χ2n) is 5.52. The third kappa shape index (κ3) is 3.18. The zero-order valence-corrected chi connectivity index (χ0v) is 10.1. The molecule has 2 heteroatoms. The lowest BCUT2D eigenvalue weighted by molar-refractivity contribution is 0.131. The van der Waals surface area contributed by atoms with Gasteiger partial charge in [0.05, 0.1) is 0 Å². The van der Waals surface area contributed by atoms with Crippen molar-refractivity contribution in [2.45, 2.75) is 64.0 Å². The summed E-state index contributed by atoms with van der Waals surface area (Å²) in [5.74, 6) is 0.969. The van der Waals surface area contributed by atoms with Gasteiger partial charge in [-0.1, -0.05) is 6.92 Å². The summed E-state index contributed by atoms with van der Waals surface area (Å²) in [5.41, 5.74) is 5.62. The molecule has 0 aliphatic heterocycles. The summed E-state index contributed by atoms with van der Waals surface area (Å²) in [7, 11) is 0. The summed E-state index contributed by atoms with van der Waals surface area (Å²) in [6, 6.07) is 1.82. The van der Waals surface area contributed by atoms with Gasteiger partial charge in [-0.3, -0.25) is 4.90 Å². The van der Waals surface area contributed by atoms with Gasteiger partial charge >= 0.3 is 0 Å². The van der Waals surface area contributed by atoms with Crippen molar-refractivity contribution in [3.8, 4) is 0 Å². The van der Waals surface area contributed by atoms with Crippen LogP contribution in [0.25, 0.3) is 0 Å². The van der Waals surface area contributed by atoms with E-state index in [0.29, 0.717) is 0 Å². The topological polar surface area (TPSA) is 29.3 Å². The van der Waals surface area contributed by atoms with Gasteiger partial charge < -0.3 is 5.73 Å². The summed E-state index contributed by atoms with van der Waals surface area (Å²) in [6.45, 7) is 4.50. The van der Waals surface area contributed by atoms with Crippen LogP contribution in [0.4, 0.5) is 0 Å². The highest BCUT2D eigenvalue weighted by molar-refractivity contribution is 4.90. The Kier molecular flexibility index (Phi) is 4.04. The maximum absolute atomic E-state index is 5.62. The predicted molar refractivity (Wildman–Crippen MR) is 64.8 cm³/mol. The van der Waals surface area contributed by atoms with Crippen molar-refractivity contribution >= 4 is 0 Å². The van der Waals surface area contributed by atoms with Gasteiger partial charge in [0, 0.05) is 12.1 Å². The summed E-state index contributed by atoms with van der Waals surface area (Å²) in [6.07, 6.45) is 9.81. The summed E-state index contributed by atoms with van der Waals surface area (Å²) < 4.78 is 0. The fourth-order valence-corrected chi connectivity index (χ4v) is 2.92. The molecule has 88 valence electrons. The first-order chi connectivity index (χ1) is 7.31. The van der Waals surface area contributed by atoms with E-state index in [0.717, 1.165) is 24.5 Å². The molecule has 2 N–H and O–H groups in total. The first-order valence-electron chi connectivity index (χ1n) is 6.77. The Morgan fingerprint density at radius 2 is 1.53 bits per heavy atom. The van der Waals surface area contributed by atoms with Crippen molar-refractivity contribution in [3.05, 3.63) is 0 Å². The van der Waals surface area contributed by atoms with Crippen LogP contribution in [0.2, 0.25) is 0 Å². The predicted octanol–water partition coefficient (Wildman–Crippen LogP) is 2.38. The first kappa shape index (κ1) is 11.4. The van der Waals surface area contributed by atoms with E-state index in [1.807, 2.05) is 0 Å². The minimum Gasteiger partial charge on any atom is -0.330 e. The van der Waals surface area contributed by atoms with Crippen molar-refractivity contribution in [1.82, 2.24) is 4.90 Å². The van der Waals surface area contributed by atoms with E-state index in [4.69, 9.17) is 5.73 Å². The van der Waals surface area contributed by atoms with Gasteiger partial charge in [0.2, 0.25) is 0 Å². The zero-order valence-electron chi connectivity index (χ0n) is 10.1. The van der Waals surface area contributed by atoms with Crippen LogP contribution in [0.3, 0.4) is 0 Å². The largest absolute Gasteiger partial charge is 0.330 e. The van der Waals surface area contributed by atoms with Crippen LogP contribution in [0, 0.1) is 5.92 Å². The molecule has 2 nitrogen and oxygen atoms in total. The molecule has 0 bridgehead atoms. The van der Waals surface area contributed by atoms with E-state index in [2.05, 4.69) is 11.8 Å². The summed E-state index contributed by atoms with van der Waals surface area (Å²) >= 11 is 0. The molecule has 2 aliphatic rings. The Hall–Kier alpha value is -0.0800. The molecule has 2 aliphatic carbocycles. The summed E-state index contributed by atoms with van der Waals surface area (Å²) in [5, 5.41) is 0. The molecule has 0 radical (unpaired) electrons. The minimum absolute atomic E-state index is 0.854. The van der Waals surface area contributed by atoms with Crippen LogP contribution in [-0.2, 0) is 0 Å². The fourth-order valence-electron chi connectivity index (χ4n) is 2.92. The molecule has 0 unspecified atom stereocenters. The van der Waals surface area contributed by atoms with Crippen molar-refractivity contribution in [3.63, 3.8) is 0 Å². The van der Waals surface area contributed by atoms with Crippen molar-refractivity contribution in [2.24, 2.45) is 11.7 Å². The third-order valence-electron chi connectivity index (χ3n) is 4.09. The first-order valence-corrected chi connectivity index (χ1v) is 6.77. The third-order valence-corrected chi connectivity index (χ3v) is 4.09. The molecule has 0 aromatic heterocycles. The van der Waals surface area contributed by atoms with Gasteiger partial charge in [0.15, 0.2) is 0 Å². The van der Waals surface area contributed by atoms with E-state index < -0.39 is 0 Å². The zero-order chi connectivity index (χ0) is 10.7. The van der Waals surface area contributed by atoms with Crippen molar-refractivity contribution in [1.29, 1.82) is 0 Å². The molecule has 15 heavy (non-hydrogen) atoms. The molecule has 2 rings (SSSR count). The molecular weight excluding hydrogens is 184 g/mol. The van der Waals surface area contributed by atoms with Crippen LogP contribution < -0.4 is 5.73 Å². The number of hydrogen-bond donors (Lipinski definition) is 1. The van der Waals surface area contributed by atoms with E-state index in [1.165, 1.54) is 51.5 Å². The molecule has 0 spiro atoms. The van der Waals surface area contributed by atoms with Crippen LogP contribution in [-0.4, -0.2) is 30.1 Å². The maximum atomic E-state index is 5.62. The van der Waals surface area contributed by atoms with E-state index in [9.17, 15) is 0 Å². The van der Waals surface area contributed by atoms with Crippen LogP contribution in [0.5, 0.6) is 0 Å². The van der Waals surface area contributed by atoms with Crippen molar-refractivity contribution < 1.29 is 0 Å². The second-order valence-corrected chi connectivity index (χ2v) is 5.52. The average Bonchev–Trinajstić information content (AvgIpc) is 3.05. The molecule has 0 atom stereocenters. The lowest BCUT2D eigenvalue weighted by Crippen LogP contribution is -2.40. The molecule has 2 saturated carbocycles. The van der Waals surface area contributed by atoms with E-state index in [-0.39, 0.29) is 0 Å². The number of nitrogens with zero attached hydrogens (tertiary/aromatic N) is 1. The molecule has 0 aromatic rings. The molecule has 2 fully saturated rings. The number of hydrogen-bond acceptors (Lipinski definition) is 2. The Bertz CT molecular complexity index is 181. The second kappa shape index (κ2) is 5.31. The molecule has 0 amide bonds. The fraction of sp³-hybridized carbons (Fsp3) is 1.00. The molecule has 0 saturated heterocycles. The highest BCUT2D eigenvalue weighted by Crippen LogP contribution is 2.35. The lowest BCUT2D eigenvalue weighted by Gasteiger charge is -2.36. The van der Waals surface area contributed by atoms with Gasteiger partial charge in [0.1, 0.15) is 0 Å². The SMILES string of the molecule is CC1CCC(N(CCCN)C2CC2)CC1. The van der Waals surface area contributed by atoms with Gasteiger partial charge in [-0.05, 0) is 64.0 Å². The van der Waals surface area contributed by atoms with Gasteiger partial charge in [-0.15, -0.1) is 0 Å². The quantitative estimate of drug-likeness (QED) is 0.755. The Labute approximate surface area is 94.2 Å². The maximum Gasteiger partial charge on any atom is 0.00993 e. The standard InChI is InChI=1S/C13H26N2/c1-11-3-5-12(6-4-11)15(10-2-9-14)13-7-8-13/h11-13H,2-10,14H2,1H3. The smallest absolute Gasteiger partial charge is 0.00993 e. The van der Waals surface area contributed by atoms with Gasteiger partial charge in [0.25, 0.3) is 0 Å². The Morgan fingerprint density at radius 1 is 1.00 bits per heavy atom. The Balaban J connectivity index is 1.81. The van der Waals surface area contributed by atoms with E-state index >= 15 is 0 Å². The Morgan fingerprint density at radius 3 is 2.00 bits per heavy atom. The van der Waals surface area contributed by atoms with Gasteiger partial charge in [-0.2, -0.15) is 0 Å². The van der Waals surface area contributed by atoms with Gasteiger partial charge in [-0.25, -0.2) is 0 Å². The lowest BCUT2D eigenvalue weighted by atomic mass is 9.86. The van der Waals surface area contributed by atoms with Crippen LogP contribution >= 0.6 is 0 Å². The summed E-state index contributed by atoms with van der Waals surface area (Å²) in [4.78, 5) is 2.78. The normalized spacial score (nSPS) is 32.2. The van der Waals surface area contributed by atoms with E-state index in [1.54, 1.807) is 0 Å². The molecular formula is C13H26N2.